The Kier molecular flexibility index (Phi) is 6.29. The average molecular weight is 454 g/mol. The van der Waals surface area contributed by atoms with Crippen molar-refractivity contribution in [2.24, 2.45) is 4.99 Å². The highest BCUT2D eigenvalue weighted by Crippen LogP contribution is 2.43. The number of nitrogens with zero attached hydrogens (tertiary/aromatic N) is 4. The molecule has 0 fully saturated rings. The van der Waals surface area contributed by atoms with Crippen LogP contribution in [0.3, 0.4) is 0 Å². The Labute approximate surface area is 189 Å². The molecule has 7 nitrogen and oxygen atoms in total. The molecule has 1 amide bonds. The molecule has 0 saturated heterocycles. The lowest BCUT2D eigenvalue weighted by Gasteiger charge is -2.15. The summed E-state index contributed by atoms with van der Waals surface area (Å²) in [7, 11) is 1.71. The number of aromatic nitrogens is 3. The Morgan fingerprint density at radius 3 is 2.88 bits per heavy atom. The van der Waals surface area contributed by atoms with Crippen molar-refractivity contribution >= 4 is 34.2 Å². The highest BCUT2D eigenvalue weighted by Gasteiger charge is 2.30. The minimum Gasteiger partial charge on any atom is -0.392 e. The van der Waals surface area contributed by atoms with Gasteiger partial charge < -0.3 is 10.4 Å². The van der Waals surface area contributed by atoms with Crippen LogP contribution >= 0.6 is 11.3 Å². The van der Waals surface area contributed by atoms with Crippen LogP contribution in [-0.2, 0) is 24.2 Å². The second kappa shape index (κ2) is 9.13. The Balaban J connectivity index is 1.97. The minimum atomic E-state index is -0.475. The summed E-state index contributed by atoms with van der Waals surface area (Å²) >= 11 is 1.36. The van der Waals surface area contributed by atoms with Crippen molar-refractivity contribution < 1.29 is 14.3 Å². The first-order valence-corrected chi connectivity index (χ1v) is 11.2. The third-order valence-electron chi connectivity index (χ3n) is 5.18. The molecule has 32 heavy (non-hydrogen) atoms. The topological polar surface area (TPSA) is 92.4 Å². The molecule has 0 atom stereocenters. The molecular weight excluding hydrogens is 429 g/mol. The highest BCUT2D eigenvalue weighted by molar-refractivity contribution is 7.19. The number of carbonyl (C=O) groups excluding carboxylic acids is 1. The normalized spacial score (nSPS) is 13.3. The van der Waals surface area contributed by atoms with E-state index in [1.165, 1.54) is 24.3 Å². The van der Waals surface area contributed by atoms with Crippen molar-refractivity contribution in [3.63, 3.8) is 0 Å². The lowest BCUT2D eigenvalue weighted by molar-refractivity contribution is -0.114. The van der Waals surface area contributed by atoms with E-state index in [9.17, 15) is 9.90 Å². The van der Waals surface area contributed by atoms with Crippen molar-refractivity contribution in [3.05, 3.63) is 52.6 Å². The van der Waals surface area contributed by atoms with Gasteiger partial charge >= 0.3 is 0 Å². The number of aliphatic imine (C=N–C) groups is 1. The summed E-state index contributed by atoms with van der Waals surface area (Å²) in [6.07, 6.45) is 6.02. The molecule has 0 radical (unpaired) electrons. The maximum atomic E-state index is 15.1. The standard InChI is InChI=1S/C23H24FN5O2S/c1-4-5-15(11-25-3)20-16-7-8-18-22(32-23(27-18)26-13(2)31)21(16)29(28-20)19-9-6-14(12-30)10-17(19)24/h5-6,9-11,30H,4,7-8,12H2,1-3H3,(H,26,27,31)/b15-5+,25-11?. The van der Waals surface area contributed by atoms with E-state index < -0.39 is 5.82 Å². The van der Waals surface area contributed by atoms with E-state index in [1.54, 1.807) is 30.1 Å². The molecule has 2 N–H and O–H groups in total. The fraction of sp³-hybridized carbons (Fsp3) is 0.304. The first-order valence-electron chi connectivity index (χ1n) is 10.4. The van der Waals surface area contributed by atoms with Crippen LogP contribution < -0.4 is 5.32 Å². The van der Waals surface area contributed by atoms with Crippen LogP contribution in [0.5, 0.6) is 0 Å². The summed E-state index contributed by atoms with van der Waals surface area (Å²) in [5, 5.41) is 17.5. The lowest BCUT2D eigenvalue weighted by atomic mass is 9.95. The predicted octanol–water partition coefficient (Wildman–Crippen LogP) is 4.18. The van der Waals surface area contributed by atoms with Crippen LogP contribution in [0.15, 0.2) is 29.3 Å². The molecule has 1 aliphatic carbocycles. The molecule has 0 saturated carbocycles. The highest BCUT2D eigenvalue weighted by atomic mass is 32.1. The molecule has 2 heterocycles. The first kappa shape index (κ1) is 22.0. The van der Waals surface area contributed by atoms with Gasteiger partial charge in [0.2, 0.25) is 5.91 Å². The summed E-state index contributed by atoms with van der Waals surface area (Å²) in [6, 6.07) is 4.62. The summed E-state index contributed by atoms with van der Waals surface area (Å²) in [5.41, 5.74) is 5.06. The number of nitrogens with one attached hydrogen (secondary N) is 1. The largest absolute Gasteiger partial charge is 0.392 e. The number of benzene rings is 1. The maximum Gasteiger partial charge on any atom is 0.223 e. The number of fused-ring (bicyclic) bond motifs is 3. The third-order valence-corrected chi connectivity index (χ3v) is 6.20. The van der Waals surface area contributed by atoms with Gasteiger partial charge in [-0.3, -0.25) is 9.79 Å². The fourth-order valence-corrected chi connectivity index (χ4v) is 4.99. The van der Waals surface area contributed by atoms with Gasteiger partial charge in [-0.25, -0.2) is 14.1 Å². The number of allylic oxidation sites excluding steroid dienone is 2. The molecule has 1 aliphatic rings. The van der Waals surface area contributed by atoms with Crippen molar-refractivity contribution in [2.75, 3.05) is 12.4 Å². The second-order valence-electron chi connectivity index (χ2n) is 7.46. The number of thiazole rings is 1. The molecule has 1 aromatic carbocycles. The van der Waals surface area contributed by atoms with Gasteiger partial charge in [0, 0.05) is 31.3 Å². The number of carbonyl (C=O) groups is 1. The summed E-state index contributed by atoms with van der Waals surface area (Å²) < 4.78 is 16.7. The van der Waals surface area contributed by atoms with Gasteiger partial charge in [0.15, 0.2) is 5.13 Å². The Hall–Kier alpha value is -3.17. The van der Waals surface area contributed by atoms with Gasteiger partial charge in [-0.05, 0) is 37.0 Å². The van der Waals surface area contributed by atoms with E-state index >= 15 is 4.39 Å². The van der Waals surface area contributed by atoms with Crippen LogP contribution in [0.2, 0.25) is 0 Å². The molecule has 2 aromatic heterocycles. The van der Waals surface area contributed by atoms with E-state index in [2.05, 4.69) is 21.4 Å². The van der Waals surface area contributed by atoms with E-state index in [1.807, 2.05) is 6.92 Å². The minimum absolute atomic E-state index is 0.191. The second-order valence-corrected chi connectivity index (χ2v) is 8.46. The Bertz CT molecular complexity index is 1240. The summed E-state index contributed by atoms with van der Waals surface area (Å²) in [6.45, 7) is 3.24. The number of aliphatic hydroxyl groups is 1. The van der Waals surface area contributed by atoms with Crippen molar-refractivity contribution in [1.82, 2.24) is 14.8 Å². The van der Waals surface area contributed by atoms with E-state index in [-0.39, 0.29) is 18.2 Å². The summed E-state index contributed by atoms with van der Waals surface area (Å²) in [5.74, 6) is -0.666. The lowest BCUT2D eigenvalue weighted by Crippen LogP contribution is -2.08. The number of hydrogen-bond donors (Lipinski definition) is 2. The van der Waals surface area contributed by atoms with E-state index in [0.717, 1.165) is 39.5 Å². The Morgan fingerprint density at radius 1 is 1.41 bits per heavy atom. The summed E-state index contributed by atoms with van der Waals surface area (Å²) in [4.78, 5) is 21.2. The Morgan fingerprint density at radius 2 is 2.22 bits per heavy atom. The molecule has 0 unspecified atom stereocenters. The van der Waals surface area contributed by atoms with Crippen LogP contribution in [-0.4, -0.2) is 39.0 Å². The number of aryl methyl sites for hydroxylation is 1. The van der Waals surface area contributed by atoms with E-state index in [4.69, 9.17) is 5.10 Å². The quantitative estimate of drug-likeness (QED) is 0.548. The van der Waals surface area contributed by atoms with Crippen LogP contribution in [0, 0.1) is 5.82 Å². The average Bonchev–Trinajstić information content (AvgIpc) is 3.33. The molecule has 0 spiro atoms. The zero-order valence-electron chi connectivity index (χ0n) is 18.1. The van der Waals surface area contributed by atoms with Crippen molar-refractivity contribution in [1.29, 1.82) is 0 Å². The van der Waals surface area contributed by atoms with Crippen molar-refractivity contribution in [2.45, 2.75) is 39.7 Å². The van der Waals surface area contributed by atoms with Gasteiger partial charge in [-0.2, -0.15) is 5.10 Å². The molecule has 3 aromatic rings. The number of halogens is 1. The fourth-order valence-electron chi connectivity index (χ4n) is 3.87. The maximum absolute atomic E-state index is 15.1. The van der Waals surface area contributed by atoms with Gasteiger partial charge in [0.25, 0.3) is 0 Å². The number of rotatable bonds is 6. The number of aliphatic hydroxyl groups excluding tert-OH is 1. The third kappa shape index (κ3) is 4.01. The van der Waals surface area contributed by atoms with Crippen LogP contribution in [0.1, 0.15) is 42.8 Å². The van der Waals surface area contributed by atoms with Gasteiger partial charge in [-0.1, -0.05) is 30.4 Å². The SMILES string of the molecule is CC/C=C(\C=NC)c1nn(-c2ccc(CO)cc2F)c2c1CCc1nc(NC(C)=O)sc1-2. The van der Waals surface area contributed by atoms with Crippen molar-refractivity contribution in [3.8, 4) is 16.3 Å². The predicted molar refractivity (Wildman–Crippen MR) is 125 cm³/mol. The molecule has 9 heteroatoms. The smallest absolute Gasteiger partial charge is 0.223 e. The van der Waals surface area contributed by atoms with E-state index in [0.29, 0.717) is 23.5 Å². The van der Waals surface area contributed by atoms with Gasteiger partial charge in [0.05, 0.1) is 28.6 Å². The molecule has 0 aliphatic heterocycles. The molecule has 4 rings (SSSR count). The van der Waals surface area contributed by atoms with Crippen LogP contribution in [0.4, 0.5) is 9.52 Å². The monoisotopic (exact) mass is 453 g/mol. The van der Waals surface area contributed by atoms with Gasteiger partial charge in [0.1, 0.15) is 11.5 Å². The molecule has 0 bridgehead atoms. The zero-order valence-corrected chi connectivity index (χ0v) is 19.0. The zero-order chi connectivity index (χ0) is 22.8. The van der Waals surface area contributed by atoms with Gasteiger partial charge in [-0.15, -0.1) is 0 Å². The molecular formula is C23H24FN5O2S. The molecule has 166 valence electrons. The number of anilines is 1. The van der Waals surface area contributed by atoms with Crippen LogP contribution in [0.25, 0.3) is 21.8 Å². The first-order chi connectivity index (χ1) is 15.5. The number of amides is 1. The number of hydrogen-bond acceptors (Lipinski definition) is 6.